The molecule has 11 nitrogen and oxygen atoms in total. The number of hydrogen-bond donors (Lipinski definition) is 6. The van der Waals surface area contributed by atoms with Gasteiger partial charge in [-0.15, -0.1) is 0 Å². The lowest BCUT2D eigenvalue weighted by atomic mass is 9.79. The lowest BCUT2D eigenvalue weighted by molar-refractivity contribution is -0.291. The smallest absolute Gasteiger partial charge is 0.225 e. The molecule has 1 heterocycles. The number of aliphatic hydroxyl groups excluding tert-OH is 3. The highest BCUT2D eigenvalue weighted by molar-refractivity contribution is 6.09. The van der Waals surface area contributed by atoms with E-state index in [1.165, 1.54) is 115 Å². The number of ether oxygens (including phenoxy) is 1. The molecular weight excluding hydrogens is 660 g/mol. The standard InChI is InChI=1S/C41H80N4O7/c1-4-6-8-10-12-14-16-17-18-19-20-21-23-25-27-29-34(47)45(30-28-26-24-22-15-13-11-9-7-5-2)41(44)35(39(50)36(43)37(48)32(3)42)40(51)38(49)33(31-46)52-41/h32-33,35-36,38,40,46,49,51H,4-31,42-44H2,1-3H3/t32-,33+,35+,36?,38+,40+,41-/m0/s1. The highest BCUT2D eigenvalue weighted by atomic mass is 16.6. The zero-order valence-corrected chi connectivity index (χ0v) is 33.4. The number of hydrogen-bond acceptors (Lipinski definition) is 10. The topological polar surface area (TPSA) is 202 Å². The Morgan fingerprint density at radius 2 is 1.04 bits per heavy atom. The van der Waals surface area contributed by atoms with Gasteiger partial charge in [0.1, 0.15) is 24.2 Å². The van der Waals surface area contributed by atoms with Crippen LogP contribution in [0.4, 0.5) is 0 Å². The molecule has 0 spiro atoms. The average Bonchev–Trinajstić information content (AvgIpc) is 3.12. The summed E-state index contributed by atoms with van der Waals surface area (Å²) in [6.07, 6.45) is 24.1. The summed E-state index contributed by atoms with van der Waals surface area (Å²) in [5.41, 5.74) is 18.6. The third-order valence-electron chi connectivity index (χ3n) is 10.9. The Morgan fingerprint density at radius 1 is 0.654 bits per heavy atom. The first kappa shape index (κ1) is 48.5. The van der Waals surface area contributed by atoms with E-state index in [1.54, 1.807) is 0 Å². The van der Waals surface area contributed by atoms with Crippen LogP contribution in [0.1, 0.15) is 188 Å². The Hall–Kier alpha value is -1.47. The van der Waals surface area contributed by atoms with E-state index in [-0.39, 0.29) is 18.9 Å². The maximum atomic E-state index is 14.0. The van der Waals surface area contributed by atoms with Gasteiger partial charge in [0.05, 0.1) is 18.8 Å². The van der Waals surface area contributed by atoms with Crippen LogP contribution in [0.5, 0.6) is 0 Å². The molecule has 0 bridgehead atoms. The molecule has 0 saturated carbocycles. The van der Waals surface area contributed by atoms with Crippen LogP contribution in [0, 0.1) is 5.92 Å². The second-order valence-electron chi connectivity index (χ2n) is 15.5. The van der Waals surface area contributed by atoms with Crippen LogP contribution in [-0.2, 0) is 19.1 Å². The van der Waals surface area contributed by atoms with Crippen molar-refractivity contribution in [2.75, 3.05) is 13.2 Å². The summed E-state index contributed by atoms with van der Waals surface area (Å²) in [6.45, 7) is 5.29. The Morgan fingerprint density at radius 3 is 1.42 bits per heavy atom. The van der Waals surface area contributed by atoms with Crippen molar-refractivity contribution in [3.8, 4) is 0 Å². The third kappa shape index (κ3) is 17.8. The van der Waals surface area contributed by atoms with E-state index in [1.807, 2.05) is 0 Å². The van der Waals surface area contributed by atoms with Gasteiger partial charge in [0, 0.05) is 13.0 Å². The molecule has 1 rings (SSSR count). The van der Waals surface area contributed by atoms with Crippen molar-refractivity contribution in [3.05, 3.63) is 0 Å². The minimum Gasteiger partial charge on any atom is -0.394 e. The first-order chi connectivity index (χ1) is 25.0. The molecule has 1 saturated heterocycles. The summed E-state index contributed by atoms with van der Waals surface area (Å²) < 4.78 is 5.99. The van der Waals surface area contributed by atoms with Gasteiger partial charge in [-0.25, -0.2) is 0 Å². The fourth-order valence-corrected chi connectivity index (χ4v) is 7.45. The molecule has 7 atom stereocenters. The van der Waals surface area contributed by atoms with Gasteiger partial charge >= 0.3 is 0 Å². The zero-order chi connectivity index (χ0) is 38.8. The van der Waals surface area contributed by atoms with Crippen LogP contribution < -0.4 is 17.2 Å². The molecular formula is C41H80N4O7. The second kappa shape index (κ2) is 28.9. The van der Waals surface area contributed by atoms with Gasteiger partial charge in [-0.2, -0.15) is 0 Å². The number of amides is 1. The monoisotopic (exact) mass is 741 g/mol. The minimum absolute atomic E-state index is 0.145. The maximum Gasteiger partial charge on any atom is 0.225 e. The summed E-state index contributed by atoms with van der Waals surface area (Å²) >= 11 is 0. The summed E-state index contributed by atoms with van der Waals surface area (Å²) in [7, 11) is 0. The third-order valence-corrected chi connectivity index (χ3v) is 10.9. The lowest BCUT2D eigenvalue weighted by Crippen LogP contribution is -2.76. The van der Waals surface area contributed by atoms with Crippen molar-refractivity contribution in [1.82, 2.24) is 4.90 Å². The van der Waals surface area contributed by atoms with Gasteiger partial charge in [0.15, 0.2) is 11.6 Å². The normalized spacial score (nSPS) is 23.0. The summed E-state index contributed by atoms with van der Waals surface area (Å²) in [6, 6.07) is -2.80. The van der Waals surface area contributed by atoms with E-state index in [0.717, 1.165) is 44.9 Å². The zero-order valence-electron chi connectivity index (χ0n) is 33.4. The number of nitrogens with two attached hydrogens (primary N) is 3. The number of ketones is 2. The quantitative estimate of drug-likeness (QED) is 0.0257. The molecule has 0 aliphatic carbocycles. The molecule has 1 amide bonds. The van der Waals surface area contributed by atoms with E-state index in [4.69, 9.17) is 21.9 Å². The largest absolute Gasteiger partial charge is 0.394 e. The van der Waals surface area contributed by atoms with Gasteiger partial charge in [-0.05, 0) is 19.8 Å². The van der Waals surface area contributed by atoms with Gasteiger partial charge in [-0.3, -0.25) is 20.1 Å². The van der Waals surface area contributed by atoms with Crippen LogP contribution >= 0.6 is 0 Å². The van der Waals surface area contributed by atoms with Gasteiger partial charge in [0.2, 0.25) is 11.8 Å². The Bertz CT molecular complexity index is 954. The molecule has 52 heavy (non-hydrogen) atoms. The van der Waals surface area contributed by atoms with Crippen molar-refractivity contribution in [3.63, 3.8) is 0 Å². The van der Waals surface area contributed by atoms with Crippen molar-refractivity contribution in [2.24, 2.45) is 23.1 Å². The molecule has 0 aromatic rings. The molecule has 9 N–H and O–H groups in total. The average molecular weight is 741 g/mol. The van der Waals surface area contributed by atoms with Gasteiger partial charge in [-0.1, -0.05) is 162 Å². The maximum absolute atomic E-state index is 14.0. The molecule has 0 radical (unpaired) electrons. The second-order valence-corrected chi connectivity index (χ2v) is 15.5. The molecule has 1 aliphatic heterocycles. The fraction of sp³-hybridized carbons (Fsp3) is 0.927. The molecule has 1 aliphatic rings. The van der Waals surface area contributed by atoms with Crippen LogP contribution in [0.25, 0.3) is 0 Å². The Balaban J connectivity index is 2.86. The molecule has 1 fully saturated rings. The molecule has 0 aromatic heterocycles. The fourth-order valence-electron chi connectivity index (χ4n) is 7.45. The summed E-state index contributed by atoms with van der Waals surface area (Å²) in [5.74, 6) is -6.07. The minimum atomic E-state index is -2.25. The first-order valence-electron chi connectivity index (χ1n) is 21.3. The van der Waals surface area contributed by atoms with Crippen molar-refractivity contribution in [2.45, 2.75) is 224 Å². The predicted molar refractivity (Wildman–Crippen MR) is 209 cm³/mol. The first-order valence-corrected chi connectivity index (χ1v) is 21.3. The number of aliphatic hydroxyl groups is 3. The van der Waals surface area contributed by atoms with Crippen LogP contribution in [0.3, 0.4) is 0 Å². The van der Waals surface area contributed by atoms with Crippen LogP contribution in [0.15, 0.2) is 0 Å². The van der Waals surface area contributed by atoms with Crippen LogP contribution in [0.2, 0.25) is 0 Å². The Labute approximate surface area is 316 Å². The predicted octanol–water partition coefficient (Wildman–Crippen LogP) is 6.15. The van der Waals surface area contributed by atoms with Crippen LogP contribution in [-0.4, -0.2) is 87.1 Å². The van der Waals surface area contributed by atoms with Gasteiger partial charge < -0.3 is 36.4 Å². The molecule has 306 valence electrons. The van der Waals surface area contributed by atoms with Crippen molar-refractivity contribution in [1.29, 1.82) is 0 Å². The van der Waals surface area contributed by atoms with Crippen molar-refractivity contribution < 1.29 is 34.4 Å². The number of rotatable bonds is 33. The van der Waals surface area contributed by atoms with Gasteiger partial charge in [0.25, 0.3) is 0 Å². The summed E-state index contributed by atoms with van der Waals surface area (Å²) in [4.78, 5) is 41.7. The molecule has 0 aromatic carbocycles. The SMILES string of the molecule is CCCCCCCCCCCCCCCCCC(=O)N(CCCCCCCCCCCC)[C@]1(N)O[C@H](CO)[C@@H](O)[C@H](O)[C@H]1C(=O)C(N)C(=O)[C@H](C)N. The molecule has 1 unspecified atom stereocenters. The number of carbonyl (C=O) groups excluding carboxylic acids is 3. The highest BCUT2D eigenvalue weighted by Crippen LogP contribution is 2.36. The number of nitrogens with zero attached hydrogens (tertiary/aromatic N) is 1. The van der Waals surface area contributed by atoms with E-state index in [0.29, 0.717) is 12.8 Å². The lowest BCUT2D eigenvalue weighted by Gasteiger charge is -2.53. The molecule has 11 heteroatoms. The van der Waals surface area contributed by atoms with E-state index in [2.05, 4.69) is 13.8 Å². The van der Waals surface area contributed by atoms with E-state index in [9.17, 15) is 29.7 Å². The van der Waals surface area contributed by atoms with E-state index >= 15 is 0 Å². The summed E-state index contributed by atoms with van der Waals surface area (Å²) in [5, 5.41) is 32.0. The number of carbonyl (C=O) groups is 3. The highest BCUT2D eigenvalue weighted by Gasteiger charge is 2.60. The Kier molecular flexibility index (Phi) is 27.0. The van der Waals surface area contributed by atoms with E-state index < -0.39 is 60.3 Å². The number of Topliss-reactive ketones (excluding diaryl/α,β-unsaturated/α-hetero) is 2. The number of unbranched alkanes of at least 4 members (excludes halogenated alkanes) is 23. The van der Waals surface area contributed by atoms with Crippen molar-refractivity contribution >= 4 is 17.5 Å².